The lowest BCUT2D eigenvalue weighted by Crippen LogP contribution is -2.49. The van der Waals surface area contributed by atoms with E-state index in [1.54, 1.807) is 0 Å². The van der Waals surface area contributed by atoms with Crippen LogP contribution >= 0.6 is 0 Å². The number of aromatic nitrogens is 1. The number of rotatable bonds is 9. The van der Waals surface area contributed by atoms with Crippen molar-refractivity contribution in [1.29, 1.82) is 0 Å². The highest BCUT2D eigenvalue weighted by molar-refractivity contribution is 5.90. The first-order valence-corrected chi connectivity index (χ1v) is 9.16. The molecule has 0 saturated heterocycles. The van der Waals surface area contributed by atoms with Crippen LogP contribution in [0.2, 0.25) is 0 Å². The number of para-hydroxylation sites is 1. The monoisotopic (exact) mass is 358 g/mol. The van der Waals surface area contributed by atoms with Crippen molar-refractivity contribution in [3.63, 3.8) is 0 Å². The number of H-pyrrole nitrogens is 1. The molecule has 0 spiro atoms. The molecule has 0 aliphatic heterocycles. The van der Waals surface area contributed by atoms with Crippen LogP contribution in [0, 0.1) is 5.92 Å². The number of nitrogens with zero attached hydrogens (tertiary/aromatic N) is 1. The van der Waals surface area contributed by atoms with Crippen LogP contribution in [0.15, 0.2) is 30.5 Å². The Morgan fingerprint density at radius 2 is 1.88 bits per heavy atom. The van der Waals surface area contributed by atoms with Crippen molar-refractivity contribution in [2.75, 3.05) is 27.2 Å². The highest BCUT2D eigenvalue weighted by Gasteiger charge is 2.23. The van der Waals surface area contributed by atoms with E-state index in [1.165, 1.54) is 0 Å². The minimum absolute atomic E-state index is 0.113. The lowest BCUT2D eigenvalue weighted by molar-refractivity contribution is -0.130. The van der Waals surface area contributed by atoms with E-state index in [9.17, 15) is 9.59 Å². The zero-order valence-corrected chi connectivity index (χ0v) is 16.1. The molecule has 6 heteroatoms. The fraction of sp³-hybridized carbons (Fsp3) is 0.500. The van der Waals surface area contributed by atoms with Crippen LogP contribution in [0.25, 0.3) is 10.9 Å². The van der Waals surface area contributed by atoms with Crippen molar-refractivity contribution in [3.8, 4) is 0 Å². The van der Waals surface area contributed by atoms with Gasteiger partial charge in [-0.25, -0.2) is 0 Å². The van der Waals surface area contributed by atoms with E-state index < -0.39 is 6.04 Å². The molecule has 2 amide bonds. The number of nitrogens with one attached hydrogen (secondary N) is 3. The zero-order valence-electron chi connectivity index (χ0n) is 16.1. The number of amides is 2. The third-order valence-corrected chi connectivity index (χ3v) is 4.34. The van der Waals surface area contributed by atoms with E-state index in [2.05, 4.69) is 20.5 Å². The zero-order chi connectivity index (χ0) is 19.1. The maximum absolute atomic E-state index is 12.7. The lowest BCUT2D eigenvalue weighted by atomic mass is 10.0. The summed E-state index contributed by atoms with van der Waals surface area (Å²) in [5.41, 5.74) is 2.06. The highest BCUT2D eigenvalue weighted by Crippen LogP contribution is 2.19. The van der Waals surface area contributed by atoms with Gasteiger partial charge in [-0.2, -0.15) is 0 Å². The van der Waals surface area contributed by atoms with Crippen LogP contribution in [0.3, 0.4) is 0 Å². The quantitative estimate of drug-likeness (QED) is 0.599. The normalized spacial score (nSPS) is 12.5. The highest BCUT2D eigenvalue weighted by atomic mass is 16.2. The van der Waals surface area contributed by atoms with Gasteiger partial charge in [0.2, 0.25) is 11.8 Å². The molecular weight excluding hydrogens is 328 g/mol. The maximum atomic E-state index is 12.7. The molecule has 1 aromatic heterocycles. The first-order valence-electron chi connectivity index (χ1n) is 9.16. The fourth-order valence-electron chi connectivity index (χ4n) is 2.80. The summed E-state index contributed by atoms with van der Waals surface area (Å²) >= 11 is 0. The standard InChI is InChI=1S/C20H30N4O2/c1-14(2)19(25)23-18(20(26)21-10-7-11-24(3)4)12-15-13-22-17-9-6-5-8-16(15)17/h5-6,8-9,13-14,18,22H,7,10-12H2,1-4H3,(H,21,26)(H,23,25). The van der Waals surface area contributed by atoms with Gasteiger partial charge >= 0.3 is 0 Å². The van der Waals surface area contributed by atoms with Crippen LogP contribution < -0.4 is 10.6 Å². The average molecular weight is 358 g/mol. The van der Waals surface area contributed by atoms with Gasteiger partial charge in [-0.15, -0.1) is 0 Å². The maximum Gasteiger partial charge on any atom is 0.242 e. The largest absolute Gasteiger partial charge is 0.361 e. The molecule has 2 aromatic rings. The number of aromatic amines is 1. The molecule has 142 valence electrons. The van der Waals surface area contributed by atoms with Gasteiger partial charge in [0.15, 0.2) is 0 Å². The second-order valence-electron chi connectivity index (χ2n) is 7.23. The van der Waals surface area contributed by atoms with Crippen LogP contribution in [0.1, 0.15) is 25.8 Å². The first-order chi connectivity index (χ1) is 12.4. The van der Waals surface area contributed by atoms with E-state index in [-0.39, 0.29) is 17.7 Å². The van der Waals surface area contributed by atoms with Crippen molar-refractivity contribution in [3.05, 3.63) is 36.0 Å². The summed E-state index contributed by atoms with van der Waals surface area (Å²) in [6.45, 7) is 5.16. The van der Waals surface area contributed by atoms with Gasteiger partial charge < -0.3 is 20.5 Å². The summed E-state index contributed by atoms with van der Waals surface area (Å²) in [7, 11) is 4.01. The number of fused-ring (bicyclic) bond motifs is 1. The fourth-order valence-corrected chi connectivity index (χ4v) is 2.80. The predicted octanol–water partition coefficient (Wildman–Crippen LogP) is 1.92. The molecule has 2 rings (SSSR count). The number of hydrogen-bond donors (Lipinski definition) is 3. The first kappa shape index (κ1) is 20.0. The number of carbonyl (C=O) groups excluding carboxylic acids is 2. The van der Waals surface area contributed by atoms with Gasteiger partial charge in [-0.1, -0.05) is 32.0 Å². The number of carbonyl (C=O) groups is 2. The van der Waals surface area contributed by atoms with E-state index in [4.69, 9.17) is 0 Å². The molecule has 0 saturated carbocycles. The summed E-state index contributed by atoms with van der Waals surface area (Å²) in [5.74, 6) is -0.414. The Hall–Kier alpha value is -2.34. The van der Waals surface area contributed by atoms with Crippen molar-refractivity contribution >= 4 is 22.7 Å². The van der Waals surface area contributed by atoms with Gasteiger partial charge in [-0.05, 0) is 38.7 Å². The van der Waals surface area contributed by atoms with Crippen LogP contribution in [-0.4, -0.2) is 54.9 Å². The Labute approximate surface area is 155 Å². The summed E-state index contributed by atoms with van der Waals surface area (Å²) in [5, 5.41) is 6.93. The van der Waals surface area contributed by atoms with Crippen LogP contribution in [-0.2, 0) is 16.0 Å². The Balaban J connectivity index is 2.07. The molecular formula is C20H30N4O2. The minimum Gasteiger partial charge on any atom is -0.361 e. The molecule has 0 radical (unpaired) electrons. The minimum atomic E-state index is -0.580. The molecule has 0 aliphatic carbocycles. The smallest absolute Gasteiger partial charge is 0.242 e. The Morgan fingerprint density at radius 3 is 2.58 bits per heavy atom. The van der Waals surface area contributed by atoms with Gasteiger partial charge in [0.05, 0.1) is 0 Å². The molecule has 1 heterocycles. The van der Waals surface area contributed by atoms with Crippen LogP contribution in [0.5, 0.6) is 0 Å². The third-order valence-electron chi connectivity index (χ3n) is 4.34. The molecule has 26 heavy (non-hydrogen) atoms. The summed E-state index contributed by atoms with van der Waals surface area (Å²) < 4.78 is 0. The van der Waals surface area contributed by atoms with E-state index in [0.717, 1.165) is 29.4 Å². The van der Waals surface area contributed by atoms with Gasteiger partial charge in [0.1, 0.15) is 6.04 Å². The summed E-state index contributed by atoms with van der Waals surface area (Å²) in [6, 6.07) is 7.39. The topological polar surface area (TPSA) is 77.2 Å². The SMILES string of the molecule is CC(C)C(=O)NC(Cc1c[nH]c2ccccc12)C(=O)NCCCN(C)C. The molecule has 6 nitrogen and oxygen atoms in total. The average Bonchev–Trinajstić information content (AvgIpc) is 3.00. The van der Waals surface area contributed by atoms with Crippen molar-refractivity contribution in [2.24, 2.45) is 5.92 Å². The second kappa shape index (κ2) is 9.38. The number of hydrogen-bond acceptors (Lipinski definition) is 3. The molecule has 0 aliphatic rings. The van der Waals surface area contributed by atoms with Crippen molar-refractivity contribution < 1.29 is 9.59 Å². The third kappa shape index (κ3) is 5.59. The second-order valence-corrected chi connectivity index (χ2v) is 7.23. The molecule has 0 bridgehead atoms. The summed E-state index contributed by atoms with van der Waals surface area (Å²) in [6.07, 6.45) is 3.25. The van der Waals surface area contributed by atoms with Gasteiger partial charge in [0.25, 0.3) is 0 Å². The summed E-state index contributed by atoms with van der Waals surface area (Å²) in [4.78, 5) is 30.1. The van der Waals surface area contributed by atoms with E-state index >= 15 is 0 Å². The van der Waals surface area contributed by atoms with Gasteiger partial charge in [-0.3, -0.25) is 9.59 Å². The van der Waals surface area contributed by atoms with E-state index in [1.807, 2.05) is 58.4 Å². The van der Waals surface area contributed by atoms with Crippen molar-refractivity contribution in [2.45, 2.75) is 32.7 Å². The molecule has 3 N–H and O–H groups in total. The Bertz CT molecular complexity index is 736. The van der Waals surface area contributed by atoms with Gasteiger partial charge in [0, 0.05) is 36.0 Å². The Kier molecular flexibility index (Phi) is 7.21. The van der Waals surface area contributed by atoms with E-state index in [0.29, 0.717) is 13.0 Å². The number of benzene rings is 1. The predicted molar refractivity (Wildman–Crippen MR) is 105 cm³/mol. The molecule has 1 unspecified atom stereocenters. The lowest BCUT2D eigenvalue weighted by Gasteiger charge is -2.20. The van der Waals surface area contributed by atoms with Crippen molar-refractivity contribution in [1.82, 2.24) is 20.5 Å². The molecule has 1 atom stereocenters. The Morgan fingerprint density at radius 1 is 1.15 bits per heavy atom. The molecule has 1 aromatic carbocycles. The van der Waals surface area contributed by atoms with Crippen LogP contribution in [0.4, 0.5) is 0 Å². The molecule has 0 fully saturated rings.